The molecule has 33 heavy (non-hydrogen) atoms. The van der Waals surface area contributed by atoms with Gasteiger partial charge in [-0.1, -0.05) is 0 Å². The van der Waals surface area contributed by atoms with Crippen molar-refractivity contribution >= 4 is 54.8 Å². The minimum absolute atomic E-state index is 0. The van der Waals surface area contributed by atoms with Crippen LogP contribution in [0.25, 0.3) is 0 Å². The van der Waals surface area contributed by atoms with Crippen molar-refractivity contribution in [3.8, 4) is 0 Å². The van der Waals surface area contributed by atoms with E-state index in [2.05, 4.69) is 0 Å². The molecule has 200 valence electrons. The maximum atomic E-state index is 10.5. The molecular formula is H17F7Na2O18Si6. The van der Waals surface area contributed by atoms with Crippen LogP contribution in [-0.2, 0) is 0 Å². The summed E-state index contributed by atoms with van der Waals surface area (Å²) in [7, 11) is -30.9. The van der Waals surface area contributed by atoms with Gasteiger partial charge in [0.1, 0.15) is 0 Å². The Labute approximate surface area is 228 Å². The molecule has 0 aromatic rings. The van der Waals surface area contributed by atoms with Crippen LogP contribution in [0.4, 0.5) is 24.6 Å². The predicted octanol–water partition coefficient (Wildman–Crippen LogP) is -19.4. The third-order valence-corrected chi connectivity index (χ3v) is 0. The van der Waals surface area contributed by atoms with E-state index >= 15 is 0 Å². The topological polar surface area (TPSA) is 367 Å². The normalized spacial score (nSPS) is 10.9. The first kappa shape index (κ1) is 59.9. The Balaban J connectivity index is -0.0000000294. The van der Waals surface area contributed by atoms with Crippen molar-refractivity contribution < 1.29 is 175 Å². The van der Waals surface area contributed by atoms with Crippen LogP contribution in [0.15, 0.2) is 0 Å². The number of rotatable bonds is 0. The summed E-state index contributed by atoms with van der Waals surface area (Å²) in [5, 5.41) is 0. The average molecular weight is 653 g/mol. The molecule has 0 bridgehead atoms. The van der Waals surface area contributed by atoms with Crippen molar-refractivity contribution in [1.29, 1.82) is 0 Å². The van der Waals surface area contributed by atoms with Crippen LogP contribution in [0, 0.1) is 0 Å². The quantitative estimate of drug-likeness (QED) is 0.0655. The van der Waals surface area contributed by atoms with Gasteiger partial charge in [0.15, 0.2) is 0 Å². The van der Waals surface area contributed by atoms with Gasteiger partial charge in [0.05, 0.1) is 0 Å². The monoisotopic (exact) mass is 652 g/mol. The molecule has 0 aliphatic rings. The van der Waals surface area contributed by atoms with Crippen molar-refractivity contribution in [2.45, 2.75) is 0 Å². The van der Waals surface area contributed by atoms with Gasteiger partial charge in [0, 0.05) is 0 Å². The molecule has 18 nitrogen and oxygen atoms in total. The molecule has 17 N–H and O–H groups in total. The second kappa shape index (κ2) is 25.7. The fourth-order valence-corrected chi connectivity index (χ4v) is 0. The van der Waals surface area contributed by atoms with E-state index in [0.29, 0.717) is 0 Å². The molecule has 0 fully saturated rings. The molecular weight excluding hydrogens is 635 g/mol. The van der Waals surface area contributed by atoms with Crippen LogP contribution in [0.1, 0.15) is 0 Å². The minimum atomic E-state index is -5.36. The molecule has 0 rings (SSSR count). The van der Waals surface area contributed by atoms with Gasteiger partial charge in [-0.15, -0.1) is 0 Å². The second-order valence-electron chi connectivity index (χ2n) is 3.30. The molecule has 0 atom stereocenters. The van der Waals surface area contributed by atoms with Crippen LogP contribution in [0.3, 0.4) is 0 Å². The van der Waals surface area contributed by atoms with Gasteiger partial charge in [0.25, 0.3) is 0 Å². The van der Waals surface area contributed by atoms with E-state index in [1.165, 1.54) is 0 Å². The maximum absolute atomic E-state index is 10.5. The Bertz CT molecular complexity index is 240. The molecule has 0 aliphatic carbocycles. The number of hydrogen-bond donors (Lipinski definition) is 17. The smallest absolute Gasteiger partial charge is 1.00 e. The van der Waals surface area contributed by atoms with E-state index in [9.17, 15) is 24.6 Å². The molecule has 0 saturated carbocycles. The molecule has 0 aromatic carbocycles. The second-order valence-corrected chi connectivity index (χ2v) is 9.89. The van der Waals surface area contributed by atoms with Crippen molar-refractivity contribution in [2.75, 3.05) is 0 Å². The zero-order valence-electron chi connectivity index (χ0n) is 15.7. The standard InChI is InChI=1S/5FH3O3Si.FH2O3Si.FH.2Na/c6*1-5(2,3)4;;;/h5*2-4H;2-3H;1H;;/q;;;;;-1;;2*+1/p-1. The molecule has 0 spiro atoms. The van der Waals surface area contributed by atoms with Gasteiger partial charge in [-0.3, -0.25) is 4.11 Å². The summed E-state index contributed by atoms with van der Waals surface area (Å²) in [6, 6.07) is 0. The first-order valence-electron chi connectivity index (χ1n) is 5.14. The van der Waals surface area contributed by atoms with Gasteiger partial charge in [-0.2, -0.15) is 0 Å². The minimum Gasteiger partial charge on any atom is -1.00 e. The third-order valence-electron chi connectivity index (χ3n) is 0. The molecule has 0 radical (unpaired) electrons. The van der Waals surface area contributed by atoms with Crippen LogP contribution in [0.5, 0.6) is 0 Å². The first-order valence-corrected chi connectivity index (χ1v) is 15.4. The molecule has 0 amide bonds. The van der Waals surface area contributed by atoms with Crippen molar-refractivity contribution in [2.24, 2.45) is 0 Å². The summed E-state index contributed by atoms with van der Waals surface area (Å²) in [5.74, 6) is 0. The van der Waals surface area contributed by atoms with E-state index in [0.717, 1.165) is 0 Å². The molecule has 33 heteroatoms. The zero-order valence-corrected chi connectivity index (χ0v) is 25.7. The Morgan fingerprint density at radius 2 is 0.333 bits per heavy atom. The Morgan fingerprint density at radius 3 is 0.333 bits per heavy atom. The largest absolute Gasteiger partial charge is 1.00 e. The summed E-state index contributed by atoms with van der Waals surface area (Å²) in [6.07, 6.45) is 0. The molecule has 0 aliphatic heterocycles. The first-order chi connectivity index (χ1) is 12.0. The van der Waals surface area contributed by atoms with Gasteiger partial charge in [0.2, 0.25) is 0 Å². The third kappa shape index (κ3) is 8030. The van der Waals surface area contributed by atoms with Crippen molar-refractivity contribution in [1.82, 2.24) is 0 Å². The summed E-state index contributed by atoms with van der Waals surface area (Å²) in [5.41, 5.74) is 0. The molecule has 0 heterocycles. The van der Waals surface area contributed by atoms with Crippen LogP contribution >= 0.6 is 0 Å². The zero-order chi connectivity index (χ0) is 27.0. The Hall–Kier alpha value is 2.09. The molecule has 0 saturated heterocycles. The van der Waals surface area contributed by atoms with E-state index < -0.39 is 54.8 Å². The van der Waals surface area contributed by atoms with Crippen LogP contribution in [-0.4, -0.2) is 136 Å². The summed E-state index contributed by atoms with van der Waals surface area (Å²) in [4.78, 5) is 129. The predicted molar refractivity (Wildman–Crippen MR) is 78.9 cm³/mol. The maximum Gasteiger partial charge on any atom is 1.00 e. The van der Waals surface area contributed by atoms with Gasteiger partial charge >= 0.3 is 114 Å². The van der Waals surface area contributed by atoms with Gasteiger partial charge in [-0.05, 0) is 0 Å². The van der Waals surface area contributed by atoms with Crippen molar-refractivity contribution in [3.63, 3.8) is 0 Å². The average Bonchev–Trinajstić information content (AvgIpc) is 1.94. The summed E-state index contributed by atoms with van der Waals surface area (Å²) in [6.45, 7) is 0. The molecule has 0 unspecified atom stereocenters. The van der Waals surface area contributed by atoms with E-state index in [1.807, 2.05) is 0 Å². The van der Waals surface area contributed by atoms with Crippen molar-refractivity contribution in [3.05, 3.63) is 0 Å². The van der Waals surface area contributed by atoms with Gasteiger partial charge < -0.3 is 91.0 Å². The number of hydrogen-bond acceptors (Lipinski definition) is 18. The fraction of sp³-hybridized carbons (Fsp3) is 0. The van der Waals surface area contributed by atoms with Crippen LogP contribution in [0.2, 0.25) is 0 Å². The Morgan fingerprint density at radius 1 is 0.333 bits per heavy atom. The summed E-state index contributed by atoms with van der Waals surface area (Å²) >= 11 is 0. The SMILES string of the molecule is O[Si](O)(O)F.O[Si](O)(O)F.O[Si](O)(O)F.O[Si](O)(O)F.O[Si](O)(O)F.[F-].[Na+].[Na+].[O-][Si](O)(O)F. The van der Waals surface area contributed by atoms with Crippen LogP contribution < -0.4 is 68.6 Å². The van der Waals surface area contributed by atoms with E-state index in [-0.39, 0.29) is 63.8 Å². The van der Waals surface area contributed by atoms with E-state index in [1.54, 1.807) is 0 Å². The van der Waals surface area contributed by atoms with E-state index in [4.69, 9.17) is 86.3 Å². The number of halogens is 7. The fourth-order valence-electron chi connectivity index (χ4n) is 0. The summed E-state index contributed by atoms with van der Waals surface area (Å²) < 4.78 is 62.8. The molecule has 0 aromatic heterocycles. The van der Waals surface area contributed by atoms with Gasteiger partial charge in [-0.25, -0.2) is 20.5 Å². The Kier molecular flexibility index (Phi) is 46.7.